The molecule has 1 aliphatic rings. The molecule has 0 spiro atoms. The molecule has 28 heavy (non-hydrogen) atoms. The van der Waals surface area contributed by atoms with Crippen LogP contribution in [0.1, 0.15) is 10.4 Å². The van der Waals surface area contributed by atoms with Gasteiger partial charge in [0.1, 0.15) is 13.1 Å². The molecule has 1 aliphatic heterocycles. The smallest absolute Gasteiger partial charge is 0.337 e. The van der Waals surface area contributed by atoms with Crippen molar-refractivity contribution in [3.05, 3.63) is 58.6 Å². The molecular formula is C19H16BrN3O5. The van der Waals surface area contributed by atoms with Crippen LogP contribution in [0.15, 0.2) is 53.0 Å². The number of amides is 4. The van der Waals surface area contributed by atoms with Gasteiger partial charge in [-0.15, -0.1) is 0 Å². The molecule has 0 aromatic heterocycles. The highest BCUT2D eigenvalue weighted by Gasteiger charge is 2.37. The Morgan fingerprint density at radius 1 is 1.07 bits per heavy atom. The molecule has 0 radical (unpaired) electrons. The number of esters is 1. The molecule has 1 fully saturated rings. The first-order valence-electron chi connectivity index (χ1n) is 8.24. The zero-order valence-corrected chi connectivity index (χ0v) is 16.4. The summed E-state index contributed by atoms with van der Waals surface area (Å²) < 4.78 is 5.46. The van der Waals surface area contributed by atoms with Crippen molar-refractivity contribution in [1.29, 1.82) is 0 Å². The molecule has 1 heterocycles. The molecule has 3 rings (SSSR count). The van der Waals surface area contributed by atoms with E-state index in [-0.39, 0.29) is 6.54 Å². The molecule has 0 unspecified atom stereocenters. The van der Waals surface area contributed by atoms with E-state index in [1.807, 2.05) is 0 Å². The Morgan fingerprint density at radius 3 is 2.32 bits per heavy atom. The fourth-order valence-electron chi connectivity index (χ4n) is 2.67. The predicted octanol–water partition coefficient (Wildman–Crippen LogP) is 2.64. The van der Waals surface area contributed by atoms with E-state index in [2.05, 4.69) is 26.0 Å². The van der Waals surface area contributed by atoms with E-state index >= 15 is 0 Å². The molecule has 0 atom stereocenters. The van der Waals surface area contributed by atoms with E-state index < -0.39 is 30.4 Å². The molecule has 0 aliphatic carbocycles. The molecule has 0 saturated carbocycles. The highest BCUT2D eigenvalue weighted by molar-refractivity contribution is 9.10. The maximum absolute atomic E-state index is 12.5. The Morgan fingerprint density at radius 2 is 1.71 bits per heavy atom. The van der Waals surface area contributed by atoms with Gasteiger partial charge in [-0.05, 0) is 48.5 Å². The first-order chi connectivity index (χ1) is 13.4. The lowest BCUT2D eigenvalue weighted by molar-refractivity contribution is -0.128. The minimum absolute atomic E-state index is 0.123. The summed E-state index contributed by atoms with van der Waals surface area (Å²) in [6, 6.07) is 12.5. The number of imide groups is 1. The quantitative estimate of drug-likeness (QED) is 0.563. The van der Waals surface area contributed by atoms with Crippen LogP contribution in [-0.2, 0) is 14.3 Å². The minimum atomic E-state index is -0.552. The van der Waals surface area contributed by atoms with Crippen molar-refractivity contribution in [3.8, 4) is 0 Å². The lowest BCUT2D eigenvalue weighted by Crippen LogP contribution is -2.39. The summed E-state index contributed by atoms with van der Waals surface area (Å²) in [5, 5.41) is 2.59. The maximum Gasteiger partial charge on any atom is 0.337 e. The van der Waals surface area contributed by atoms with Crippen molar-refractivity contribution in [1.82, 2.24) is 4.90 Å². The van der Waals surface area contributed by atoms with Crippen molar-refractivity contribution < 1.29 is 23.9 Å². The zero-order valence-electron chi connectivity index (χ0n) is 14.8. The Balaban J connectivity index is 1.63. The minimum Gasteiger partial charge on any atom is -0.465 e. The highest BCUT2D eigenvalue weighted by Crippen LogP contribution is 2.23. The maximum atomic E-state index is 12.5. The molecule has 0 bridgehead atoms. The summed E-state index contributed by atoms with van der Waals surface area (Å²) in [4.78, 5) is 50.6. The number of carbonyl (C=O) groups is 4. The van der Waals surface area contributed by atoms with Crippen LogP contribution in [0.2, 0.25) is 0 Å². The van der Waals surface area contributed by atoms with Crippen molar-refractivity contribution in [2.24, 2.45) is 0 Å². The second kappa shape index (κ2) is 8.22. The lowest BCUT2D eigenvalue weighted by Gasteiger charge is -2.17. The third-order valence-electron chi connectivity index (χ3n) is 4.09. The van der Waals surface area contributed by atoms with E-state index in [9.17, 15) is 19.2 Å². The topological polar surface area (TPSA) is 96.0 Å². The summed E-state index contributed by atoms with van der Waals surface area (Å²) in [5.74, 6) is -1.46. The number of anilines is 2. The van der Waals surface area contributed by atoms with Gasteiger partial charge < -0.3 is 10.1 Å². The van der Waals surface area contributed by atoms with Gasteiger partial charge >= 0.3 is 12.0 Å². The van der Waals surface area contributed by atoms with Crippen LogP contribution in [0.4, 0.5) is 16.2 Å². The summed E-state index contributed by atoms with van der Waals surface area (Å²) in [6.45, 7) is -0.523. The summed E-state index contributed by atoms with van der Waals surface area (Å²) in [7, 11) is 1.28. The van der Waals surface area contributed by atoms with Gasteiger partial charge in [-0.3, -0.25) is 19.4 Å². The second-order valence-electron chi connectivity index (χ2n) is 5.94. The van der Waals surface area contributed by atoms with Gasteiger partial charge in [-0.25, -0.2) is 9.59 Å². The van der Waals surface area contributed by atoms with E-state index in [1.54, 1.807) is 24.3 Å². The average Bonchev–Trinajstić information content (AvgIpc) is 2.96. The van der Waals surface area contributed by atoms with Gasteiger partial charge in [-0.1, -0.05) is 15.9 Å². The van der Waals surface area contributed by atoms with Crippen molar-refractivity contribution in [2.45, 2.75) is 0 Å². The van der Waals surface area contributed by atoms with E-state index in [0.29, 0.717) is 16.9 Å². The van der Waals surface area contributed by atoms with Crippen LogP contribution >= 0.6 is 15.9 Å². The Bertz CT molecular complexity index is 928. The standard InChI is InChI=1S/C19H16BrN3O5/c1-28-18(26)12-2-6-14(7-3-12)21-16(24)10-23-17(25)11-22(19(23)27)15-8-4-13(20)5-9-15/h2-9H,10-11H2,1H3,(H,21,24). The Kier molecular flexibility index (Phi) is 5.74. The number of benzene rings is 2. The number of halogens is 1. The number of hydrogen-bond acceptors (Lipinski definition) is 5. The number of hydrogen-bond donors (Lipinski definition) is 1. The van der Waals surface area contributed by atoms with Gasteiger partial charge in [0.05, 0.1) is 12.7 Å². The third kappa shape index (κ3) is 4.20. The molecule has 9 heteroatoms. The number of nitrogens with zero attached hydrogens (tertiary/aromatic N) is 2. The second-order valence-corrected chi connectivity index (χ2v) is 6.86. The molecule has 1 N–H and O–H groups in total. The normalized spacial score (nSPS) is 13.6. The van der Waals surface area contributed by atoms with Crippen LogP contribution in [0, 0.1) is 0 Å². The number of nitrogens with one attached hydrogen (secondary N) is 1. The van der Waals surface area contributed by atoms with Crippen LogP contribution in [0.25, 0.3) is 0 Å². The number of methoxy groups -OCH3 is 1. The molecular weight excluding hydrogens is 430 g/mol. The zero-order chi connectivity index (χ0) is 20.3. The first-order valence-corrected chi connectivity index (χ1v) is 9.04. The summed E-state index contributed by atoms with van der Waals surface area (Å²) in [6.07, 6.45) is 0. The third-order valence-corrected chi connectivity index (χ3v) is 4.61. The number of carbonyl (C=O) groups excluding carboxylic acids is 4. The Hall–Kier alpha value is -3.20. The summed E-state index contributed by atoms with van der Waals surface area (Å²) in [5.41, 5.74) is 1.35. The fourth-order valence-corrected chi connectivity index (χ4v) is 2.94. The van der Waals surface area contributed by atoms with E-state index in [0.717, 1.165) is 9.37 Å². The van der Waals surface area contributed by atoms with Gasteiger partial charge in [0, 0.05) is 15.8 Å². The van der Waals surface area contributed by atoms with Crippen LogP contribution in [0.3, 0.4) is 0 Å². The van der Waals surface area contributed by atoms with Crippen LogP contribution in [-0.4, -0.2) is 48.9 Å². The van der Waals surface area contributed by atoms with Gasteiger partial charge in [0.15, 0.2) is 0 Å². The van der Waals surface area contributed by atoms with Gasteiger partial charge in [0.2, 0.25) is 5.91 Å². The summed E-state index contributed by atoms with van der Waals surface area (Å²) >= 11 is 3.31. The van der Waals surface area contributed by atoms with Crippen molar-refractivity contribution in [3.63, 3.8) is 0 Å². The van der Waals surface area contributed by atoms with Gasteiger partial charge in [0.25, 0.3) is 5.91 Å². The monoisotopic (exact) mass is 445 g/mol. The Labute approximate surface area is 169 Å². The molecule has 1 saturated heterocycles. The molecule has 2 aromatic carbocycles. The fraction of sp³-hybridized carbons (Fsp3) is 0.158. The molecule has 4 amide bonds. The van der Waals surface area contributed by atoms with Gasteiger partial charge in [-0.2, -0.15) is 0 Å². The van der Waals surface area contributed by atoms with Crippen molar-refractivity contribution in [2.75, 3.05) is 30.4 Å². The van der Waals surface area contributed by atoms with E-state index in [1.165, 1.54) is 36.3 Å². The molecule has 8 nitrogen and oxygen atoms in total. The SMILES string of the molecule is COC(=O)c1ccc(NC(=O)CN2C(=O)CN(c3ccc(Br)cc3)C2=O)cc1. The van der Waals surface area contributed by atoms with Crippen LogP contribution < -0.4 is 10.2 Å². The van der Waals surface area contributed by atoms with Crippen molar-refractivity contribution >= 4 is 51.1 Å². The number of rotatable bonds is 5. The lowest BCUT2D eigenvalue weighted by atomic mass is 10.2. The predicted molar refractivity (Wildman–Crippen MR) is 105 cm³/mol. The highest BCUT2D eigenvalue weighted by atomic mass is 79.9. The number of ether oxygens (including phenoxy) is 1. The average molecular weight is 446 g/mol. The largest absolute Gasteiger partial charge is 0.465 e. The molecule has 144 valence electrons. The van der Waals surface area contributed by atoms with Crippen LogP contribution in [0.5, 0.6) is 0 Å². The number of urea groups is 1. The van der Waals surface area contributed by atoms with E-state index in [4.69, 9.17) is 0 Å². The first kappa shape index (κ1) is 19.6. The molecule has 2 aromatic rings.